The molecule has 1 amide bonds. The molecule has 0 bridgehead atoms. The number of para-hydroxylation sites is 1. The van der Waals surface area contributed by atoms with E-state index in [1.165, 1.54) is 22.7 Å². The van der Waals surface area contributed by atoms with Gasteiger partial charge in [-0.15, -0.1) is 0 Å². The maximum absolute atomic E-state index is 13.1. The average molecular weight is 382 g/mol. The maximum atomic E-state index is 13.1. The summed E-state index contributed by atoms with van der Waals surface area (Å²) in [4.78, 5) is 12.2. The van der Waals surface area contributed by atoms with Gasteiger partial charge in [0.05, 0.1) is 16.8 Å². The van der Waals surface area contributed by atoms with Crippen LogP contribution in [0.1, 0.15) is 22.5 Å². The molecule has 0 radical (unpaired) electrons. The summed E-state index contributed by atoms with van der Waals surface area (Å²) in [6.45, 7) is 0.455. The van der Waals surface area contributed by atoms with Crippen LogP contribution in [0.5, 0.6) is 0 Å². The molecule has 1 aromatic heterocycles. The lowest BCUT2D eigenvalue weighted by Crippen LogP contribution is -2.35. The minimum Gasteiger partial charge on any atom is -0.459 e. The van der Waals surface area contributed by atoms with Crippen LogP contribution in [0.3, 0.4) is 0 Å². The predicted molar refractivity (Wildman–Crippen MR) is 102 cm³/mol. The Morgan fingerprint density at radius 3 is 2.52 bits per heavy atom. The molecule has 6 nitrogen and oxygen atoms in total. The molecule has 1 aliphatic heterocycles. The fraction of sp³-hybridized carbons (Fsp3) is 0.150. The molecular weight excluding hydrogens is 364 g/mol. The third-order valence-electron chi connectivity index (χ3n) is 4.51. The van der Waals surface area contributed by atoms with Gasteiger partial charge in [-0.05, 0) is 60.9 Å². The number of fused-ring (bicyclic) bond motifs is 1. The number of nitrogens with zero attached hydrogens (tertiary/aromatic N) is 1. The van der Waals surface area contributed by atoms with Crippen LogP contribution in [0, 0.1) is 0 Å². The van der Waals surface area contributed by atoms with Crippen molar-refractivity contribution in [1.82, 2.24) is 0 Å². The average Bonchev–Trinajstić information content (AvgIpc) is 3.23. The van der Waals surface area contributed by atoms with Crippen molar-refractivity contribution in [2.45, 2.75) is 17.7 Å². The molecule has 1 N–H and O–H groups in total. The van der Waals surface area contributed by atoms with Gasteiger partial charge in [0.25, 0.3) is 15.9 Å². The third kappa shape index (κ3) is 3.33. The zero-order valence-electron chi connectivity index (χ0n) is 14.5. The van der Waals surface area contributed by atoms with E-state index < -0.39 is 10.0 Å². The lowest BCUT2D eigenvalue weighted by molar-refractivity contribution is 0.0996. The zero-order valence-corrected chi connectivity index (χ0v) is 15.3. The Kier molecular flexibility index (Phi) is 4.45. The van der Waals surface area contributed by atoms with Gasteiger partial charge >= 0.3 is 0 Å². The molecule has 0 atom stereocenters. The number of anilines is 2. The molecule has 0 unspecified atom stereocenters. The Morgan fingerprint density at radius 1 is 1.00 bits per heavy atom. The van der Waals surface area contributed by atoms with Crippen LogP contribution in [0.4, 0.5) is 11.4 Å². The van der Waals surface area contributed by atoms with Crippen molar-refractivity contribution in [2.75, 3.05) is 16.2 Å². The quantitative estimate of drug-likeness (QED) is 0.747. The molecule has 7 heteroatoms. The Labute approximate surface area is 157 Å². The van der Waals surface area contributed by atoms with E-state index in [4.69, 9.17) is 4.42 Å². The molecule has 0 aliphatic carbocycles. The second kappa shape index (κ2) is 6.92. The van der Waals surface area contributed by atoms with E-state index in [-0.39, 0.29) is 16.6 Å². The minimum absolute atomic E-state index is 0.190. The third-order valence-corrected chi connectivity index (χ3v) is 6.34. The van der Waals surface area contributed by atoms with Gasteiger partial charge in [0.2, 0.25) is 0 Å². The first kappa shape index (κ1) is 17.4. The van der Waals surface area contributed by atoms with Gasteiger partial charge in [-0.1, -0.05) is 18.2 Å². The van der Waals surface area contributed by atoms with Gasteiger partial charge in [0, 0.05) is 12.2 Å². The zero-order chi connectivity index (χ0) is 18.9. The van der Waals surface area contributed by atoms with Crippen molar-refractivity contribution in [3.05, 3.63) is 78.3 Å². The molecule has 138 valence electrons. The van der Waals surface area contributed by atoms with Gasteiger partial charge in [-0.3, -0.25) is 9.10 Å². The summed E-state index contributed by atoms with van der Waals surface area (Å²) >= 11 is 0. The second-order valence-electron chi connectivity index (χ2n) is 6.27. The van der Waals surface area contributed by atoms with E-state index in [0.717, 1.165) is 24.1 Å². The summed E-state index contributed by atoms with van der Waals surface area (Å²) in [5.41, 5.74) is 2.27. The standard InChI is InChI=1S/C20H18N2O4S/c23-20(19-8-4-14-26-19)21-16-9-11-17(12-10-16)27(24,25)22-13-3-6-15-5-1-2-7-18(15)22/h1-2,4-5,7-12,14H,3,6,13H2,(H,21,23). The van der Waals surface area contributed by atoms with E-state index in [2.05, 4.69) is 5.32 Å². The molecule has 3 aromatic rings. The number of carbonyl (C=O) groups excluding carboxylic acids is 1. The SMILES string of the molecule is O=C(Nc1ccc(S(=O)(=O)N2CCCc3ccccc32)cc1)c1ccco1. The molecule has 2 heterocycles. The van der Waals surface area contributed by atoms with Crippen LogP contribution in [-0.4, -0.2) is 20.9 Å². The van der Waals surface area contributed by atoms with Crippen LogP contribution in [0.2, 0.25) is 0 Å². The topological polar surface area (TPSA) is 79.6 Å². The number of sulfonamides is 1. The summed E-state index contributed by atoms with van der Waals surface area (Å²) in [5, 5.41) is 2.68. The highest BCUT2D eigenvalue weighted by Crippen LogP contribution is 2.32. The van der Waals surface area contributed by atoms with Crippen molar-refractivity contribution < 1.29 is 17.6 Å². The molecule has 1 aliphatic rings. The number of carbonyl (C=O) groups is 1. The Balaban J connectivity index is 1.58. The number of amides is 1. The van der Waals surface area contributed by atoms with Gasteiger partial charge in [-0.25, -0.2) is 8.42 Å². The summed E-state index contributed by atoms with van der Waals surface area (Å²) in [6.07, 6.45) is 3.08. The molecule has 0 saturated heterocycles. The number of rotatable bonds is 4. The van der Waals surface area contributed by atoms with Gasteiger partial charge < -0.3 is 9.73 Å². The van der Waals surface area contributed by atoms with Gasteiger partial charge in [0.15, 0.2) is 5.76 Å². The van der Waals surface area contributed by atoms with Crippen molar-refractivity contribution >= 4 is 27.3 Å². The fourth-order valence-corrected chi connectivity index (χ4v) is 4.73. The highest BCUT2D eigenvalue weighted by Gasteiger charge is 2.28. The van der Waals surface area contributed by atoms with Crippen LogP contribution in [-0.2, 0) is 16.4 Å². The second-order valence-corrected chi connectivity index (χ2v) is 8.13. The Bertz CT molecular complexity index is 1060. The fourth-order valence-electron chi connectivity index (χ4n) is 3.19. The molecule has 0 fully saturated rings. The number of hydrogen-bond acceptors (Lipinski definition) is 4. The van der Waals surface area contributed by atoms with Crippen molar-refractivity contribution in [1.29, 1.82) is 0 Å². The highest BCUT2D eigenvalue weighted by molar-refractivity contribution is 7.92. The molecular formula is C20H18N2O4S. The summed E-state index contributed by atoms with van der Waals surface area (Å²) in [7, 11) is -3.66. The molecule has 4 rings (SSSR count). The number of nitrogens with one attached hydrogen (secondary N) is 1. The first-order valence-corrected chi connectivity index (χ1v) is 10.1. The smallest absolute Gasteiger partial charge is 0.291 e. The number of aryl methyl sites for hydroxylation is 1. The largest absolute Gasteiger partial charge is 0.459 e. The molecule has 0 saturated carbocycles. The Hall–Kier alpha value is -3.06. The summed E-state index contributed by atoms with van der Waals surface area (Å²) < 4.78 is 32.7. The first-order valence-electron chi connectivity index (χ1n) is 8.61. The van der Waals surface area contributed by atoms with Gasteiger partial charge in [-0.2, -0.15) is 0 Å². The summed E-state index contributed by atoms with van der Waals surface area (Å²) in [6, 6.07) is 16.9. The summed E-state index contributed by atoms with van der Waals surface area (Å²) in [5.74, 6) is -0.197. The normalized spacial score (nSPS) is 13.9. The van der Waals surface area contributed by atoms with E-state index >= 15 is 0 Å². The van der Waals surface area contributed by atoms with Crippen LogP contribution >= 0.6 is 0 Å². The van der Waals surface area contributed by atoms with Gasteiger partial charge in [0.1, 0.15) is 0 Å². The van der Waals surface area contributed by atoms with Crippen molar-refractivity contribution in [2.24, 2.45) is 0 Å². The van der Waals surface area contributed by atoms with E-state index in [9.17, 15) is 13.2 Å². The Morgan fingerprint density at radius 2 is 1.78 bits per heavy atom. The van der Waals surface area contributed by atoms with Crippen LogP contribution in [0.25, 0.3) is 0 Å². The first-order chi connectivity index (χ1) is 13.1. The number of hydrogen-bond donors (Lipinski definition) is 1. The highest BCUT2D eigenvalue weighted by atomic mass is 32.2. The van der Waals surface area contributed by atoms with Crippen LogP contribution in [0.15, 0.2) is 76.2 Å². The predicted octanol–water partition coefficient (Wildman–Crippen LogP) is 3.67. The lowest BCUT2D eigenvalue weighted by Gasteiger charge is -2.30. The van der Waals surface area contributed by atoms with E-state index in [1.54, 1.807) is 24.3 Å². The molecule has 27 heavy (non-hydrogen) atoms. The van der Waals surface area contributed by atoms with E-state index in [0.29, 0.717) is 12.2 Å². The monoisotopic (exact) mass is 382 g/mol. The molecule has 0 spiro atoms. The minimum atomic E-state index is -3.66. The lowest BCUT2D eigenvalue weighted by atomic mass is 10.0. The molecule has 2 aromatic carbocycles. The van der Waals surface area contributed by atoms with Crippen LogP contribution < -0.4 is 9.62 Å². The van der Waals surface area contributed by atoms with Crippen molar-refractivity contribution in [3.8, 4) is 0 Å². The number of furan rings is 1. The van der Waals surface area contributed by atoms with Crippen molar-refractivity contribution in [3.63, 3.8) is 0 Å². The number of benzene rings is 2. The maximum Gasteiger partial charge on any atom is 0.291 e. The van der Waals surface area contributed by atoms with E-state index in [1.807, 2.05) is 24.3 Å².